The minimum atomic E-state index is -0.314. The van der Waals surface area contributed by atoms with Crippen molar-refractivity contribution in [2.45, 2.75) is 0 Å². The molecule has 0 atom stereocenters. The number of carbonyl (C=O) groups excluding carboxylic acids is 1. The van der Waals surface area contributed by atoms with E-state index in [2.05, 4.69) is 15.5 Å². The molecule has 0 fully saturated rings. The van der Waals surface area contributed by atoms with E-state index in [9.17, 15) is 9.90 Å². The largest absolute Gasteiger partial charge is 0.508 e. The van der Waals surface area contributed by atoms with Crippen LogP contribution in [-0.4, -0.2) is 22.2 Å². The zero-order valence-electron chi connectivity index (χ0n) is 14.9. The van der Waals surface area contributed by atoms with Gasteiger partial charge in [0.05, 0.1) is 23.0 Å². The second kappa shape index (κ2) is 7.72. The molecule has 0 bridgehead atoms. The van der Waals surface area contributed by atoms with Crippen molar-refractivity contribution < 1.29 is 9.90 Å². The summed E-state index contributed by atoms with van der Waals surface area (Å²) in [6.07, 6.45) is 1.53. The van der Waals surface area contributed by atoms with E-state index in [-0.39, 0.29) is 11.7 Å². The van der Waals surface area contributed by atoms with Crippen molar-refractivity contribution in [1.29, 1.82) is 0 Å². The molecule has 0 aliphatic heterocycles. The van der Waals surface area contributed by atoms with Crippen molar-refractivity contribution in [2.24, 2.45) is 5.10 Å². The number of aromatic nitrogens is 1. The van der Waals surface area contributed by atoms with E-state index in [1.807, 2.05) is 54.6 Å². The van der Waals surface area contributed by atoms with Gasteiger partial charge in [0, 0.05) is 10.9 Å². The summed E-state index contributed by atoms with van der Waals surface area (Å²) >= 11 is 0. The Bertz CT molecular complexity index is 1150. The number of pyridine rings is 1. The highest BCUT2D eigenvalue weighted by Gasteiger charge is 2.13. The Morgan fingerprint density at radius 2 is 1.64 bits per heavy atom. The third-order valence-electron chi connectivity index (χ3n) is 4.30. The quantitative estimate of drug-likeness (QED) is 0.415. The van der Waals surface area contributed by atoms with Gasteiger partial charge < -0.3 is 5.11 Å². The van der Waals surface area contributed by atoms with E-state index in [0.29, 0.717) is 5.56 Å². The van der Waals surface area contributed by atoms with E-state index in [1.165, 1.54) is 6.21 Å². The van der Waals surface area contributed by atoms with Crippen molar-refractivity contribution in [3.05, 3.63) is 96.1 Å². The summed E-state index contributed by atoms with van der Waals surface area (Å²) in [5.74, 6) is -0.135. The first-order chi connectivity index (χ1) is 13.7. The summed E-state index contributed by atoms with van der Waals surface area (Å²) in [6, 6.07) is 25.6. The van der Waals surface area contributed by atoms with Gasteiger partial charge in [0.15, 0.2) is 0 Å². The molecule has 1 amide bonds. The molecule has 136 valence electrons. The molecular weight excluding hydrogens is 350 g/mol. The van der Waals surface area contributed by atoms with Crippen molar-refractivity contribution >= 4 is 23.0 Å². The molecule has 0 aliphatic rings. The number of benzene rings is 3. The van der Waals surface area contributed by atoms with Crippen LogP contribution in [0.3, 0.4) is 0 Å². The van der Waals surface area contributed by atoms with Gasteiger partial charge >= 0.3 is 0 Å². The van der Waals surface area contributed by atoms with Crippen LogP contribution in [0.25, 0.3) is 22.2 Å². The first-order valence-electron chi connectivity index (χ1n) is 8.78. The van der Waals surface area contributed by atoms with Crippen molar-refractivity contribution in [3.63, 3.8) is 0 Å². The second-order valence-electron chi connectivity index (χ2n) is 6.23. The standard InChI is InChI=1S/C23H17N3O2/c27-18-12-10-16(11-13-18)15-24-26-23(28)20-14-22(17-6-2-1-3-7-17)25-21-9-5-4-8-19(20)21/h1-15,27H,(H,26,28)/b24-15-. The summed E-state index contributed by atoms with van der Waals surface area (Å²) in [4.78, 5) is 17.5. The van der Waals surface area contributed by atoms with Gasteiger partial charge in [-0.15, -0.1) is 0 Å². The average Bonchev–Trinajstić information content (AvgIpc) is 2.75. The molecule has 5 heteroatoms. The fourth-order valence-corrected chi connectivity index (χ4v) is 2.91. The lowest BCUT2D eigenvalue weighted by molar-refractivity contribution is 0.0956. The highest BCUT2D eigenvalue weighted by atomic mass is 16.3. The van der Waals surface area contributed by atoms with Crippen LogP contribution < -0.4 is 5.43 Å². The Kier molecular flexibility index (Phi) is 4.80. The number of phenolic OH excluding ortho intramolecular Hbond substituents is 1. The van der Waals surface area contributed by atoms with E-state index >= 15 is 0 Å². The third-order valence-corrected chi connectivity index (χ3v) is 4.30. The smallest absolute Gasteiger partial charge is 0.272 e. The van der Waals surface area contributed by atoms with E-state index in [4.69, 9.17) is 0 Å². The molecule has 1 aromatic heterocycles. The van der Waals surface area contributed by atoms with Crippen molar-refractivity contribution in [2.75, 3.05) is 0 Å². The van der Waals surface area contributed by atoms with Gasteiger partial charge in [-0.1, -0.05) is 48.5 Å². The van der Waals surface area contributed by atoms with Crippen LogP contribution >= 0.6 is 0 Å². The molecule has 28 heavy (non-hydrogen) atoms. The molecule has 4 rings (SSSR count). The molecular formula is C23H17N3O2. The Morgan fingerprint density at radius 3 is 2.43 bits per heavy atom. The van der Waals surface area contributed by atoms with Gasteiger partial charge in [-0.25, -0.2) is 10.4 Å². The molecule has 0 aliphatic carbocycles. The number of rotatable bonds is 4. The number of phenols is 1. The Morgan fingerprint density at radius 1 is 0.929 bits per heavy atom. The number of amides is 1. The van der Waals surface area contributed by atoms with Gasteiger partial charge in [-0.2, -0.15) is 5.10 Å². The molecule has 0 unspecified atom stereocenters. The van der Waals surface area contributed by atoms with Crippen LogP contribution in [-0.2, 0) is 0 Å². The Balaban J connectivity index is 1.66. The number of carbonyl (C=O) groups is 1. The SMILES string of the molecule is O=C(N/N=C\c1ccc(O)cc1)c1cc(-c2ccccc2)nc2ccccc12. The fourth-order valence-electron chi connectivity index (χ4n) is 2.91. The lowest BCUT2D eigenvalue weighted by Gasteiger charge is -2.09. The van der Waals surface area contributed by atoms with E-state index in [1.54, 1.807) is 30.3 Å². The Labute approximate surface area is 162 Å². The molecule has 1 heterocycles. The van der Waals surface area contributed by atoms with Crippen molar-refractivity contribution in [1.82, 2.24) is 10.4 Å². The number of fused-ring (bicyclic) bond motifs is 1. The fraction of sp³-hybridized carbons (Fsp3) is 0. The summed E-state index contributed by atoms with van der Waals surface area (Å²) in [5.41, 5.74) is 6.26. The summed E-state index contributed by atoms with van der Waals surface area (Å²) in [7, 11) is 0. The van der Waals surface area contributed by atoms with Crippen LogP contribution in [0.5, 0.6) is 5.75 Å². The number of para-hydroxylation sites is 1. The Hall–Kier alpha value is -3.99. The maximum atomic E-state index is 12.8. The number of hydrogen-bond acceptors (Lipinski definition) is 4. The topological polar surface area (TPSA) is 74.6 Å². The van der Waals surface area contributed by atoms with Gasteiger partial charge in [-0.05, 0) is 42.0 Å². The predicted octanol–water partition coefficient (Wildman–Crippen LogP) is 4.37. The normalized spacial score (nSPS) is 11.0. The van der Waals surface area contributed by atoms with Crippen molar-refractivity contribution in [3.8, 4) is 17.0 Å². The van der Waals surface area contributed by atoms with Crippen LogP contribution in [0, 0.1) is 0 Å². The third kappa shape index (κ3) is 3.73. The number of hydrogen-bond donors (Lipinski definition) is 2. The monoisotopic (exact) mass is 367 g/mol. The molecule has 0 spiro atoms. The lowest BCUT2D eigenvalue weighted by Crippen LogP contribution is -2.18. The maximum Gasteiger partial charge on any atom is 0.272 e. The molecule has 5 nitrogen and oxygen atoms in total. The summed E-state index contributed by atoms with van der Waals surface area (Å²) in [5, 5.41) is 14.1. The van der Waals surface area contributed by atoms with Crippen LogP contribution in [0.4, 0.5) is 0 Å². The highest BCUT2D eigenvalue weighted by molar-refractivity contribution is 6.07. The maximum absolute atomic E-state index is 12.8. The number of aromatic hydroxyl groups is 1. The van der Waals surface area contributed by atoms with Crippen LogP contribution in [0.2, 0.25) is 0 Å². The van der Waals surface area contributed by atoms with Gasteiger partial charge in [0.25, 0.3) is 5.91 Å². The summed E-state index contributed by atoms with van der Waals surface area (Å²) in [6.45, 7) is 0. The van der Waals surface area contributed by atoms with Gasteiger partial charge in [0.1, 0.15) is 5.75 Å². The molecule has 4 aromatic rings. The zero-order valence-corrected chi connectivity index (χ0v) is 14.9. The molecule has 0 radical (unpaired) electrons. The average molecular weight is 367 g/mol. The minimum Gasteiger partial charge on any atom is -0.508 e. The molecule has 2 N–H and O–H groups in total. The number of hydrazone groups is 1. The van der Waals surface area contributed by atoms with Gasteiger partial charge in [-0.3, -0.25) is 4.79 Å². The molecule has 3 aromatic carbocycles. The predicted molar refractivity (Wildman–Crippen MR) is 110 cm³/mol. The lowest BCUT2D eigenvalue weighted by atomic mass is 10.0. The highest BCUT2D eigenvalue weighted by Crippen LogP contribution is 2.24. The molecule has 0 saturated carbocycles. The van der Waals surface area contributed by atoms with Crippen LogP contribution in [0.15, 0.2) is 90.0 Å². The number of nitrogens with one attached hydrogen (secondary N) is 1. The first kappa shape index (κ1) is 17.4. The van der Waals surface area contributed by atoms with E-state index in [0.717, 1.165) is 27.7 Å². The summed E-state index contributed by atoms with van der Waals surface area (Å²) < 4.78 is 0. The second-order valence-corrected chi connectivity index (χ2v) is 6.23. The number of nitrogens with zero attached hydrogens (tertiary/aromatic N) is 2. The van der Waals surface area contributed by atoms with Gasteiger partial charge in [0.2, 0.25) is 0 Å². The van der Waals surface area contributed by atoms with Crippen LogP contribution in [0.1, 0.15) is 15.9 Å². The molecule has 0 saturated heterocycles. The zero-order chi connectivity index (χ0) is 19.3. The first-order valence-corrected chi connectivity index (χ1v) is 8.78. The van der Waals surface area contributed by atoms with E-state index < -0.39 is 0 Å². The minimum absolute atomic E-state index is 0.179.